The van der Waals surface area contributed by atoms with Crippen LogP contribution in [0.2, 0.25) is 0 Å². The summed E-state index contributed by atoms with van der Waals surface area (Å²) in [5, 5.41) is 2.96. The fourth-order valence-corrected chi connectivity index (χ4v) is 3.83. The van der Waals surface area contributed by atoms with Crippen LogP contribution in [0.4, 0.5) is 5.82 Å². The molecule has 3 rings (SSSR count). The molecule has 1 aliphatic heterocycles. The standard InChI is InChI=1S/C25H34N4O2/c1-3-4-5-8-13-26-25(31)22-11-12-23(27-19-22)28-14-16-29(17-15-28)24(30)18-21-10-7-6-9-20(21)2/h6-7,9-12,19H,3-5,8,13-18H2,1-2H3,(H,26,31). The topological polar surface area (TPSA) is 65.5 Å². The van der Waals surface area contributed by atoms with Gasteiger partial charge >= 0.3 is 0 Å². The molecule has 1 aliphatic rings. The number of benzene rings is 1. The number of anilines is 1. The average Bonchev–Trinajstić information content (AvgIpc) is 2.80. The van der Waals surface area contributed by atoms with Crippen LogP contribution in [0.1, 0.15) is 54.1 Å². The molecule has 1 aromatic heterocycles. The smallest absolute Gasteiger partial charge is 0.252 e. The number of unbranched alkanes of at least 4 members (excludes halogenated alkanes) is 3. The first-order chi connectivity index (χ1) is 15.1. The number of piperazine rings is 1. The van der Waals surface area contributed by atoms with Crippen LogP contribution in [0.5, 0.6) is 0 Å². The van der Waals surface area contributed by atoms with Crippen LogP contribution in [-0.2, 0) is 11.2 Å². The Morgan fingerprint density at radius 2 is 1.77 bits per heavy atom. The van der Waals surface area contributed by atoms with E-state index in [0.717, 1.165) is 42.9 Å². The van der Waals surface area contributed by atoms with E-state index in [9.17, 15) is 9.59 Å². The van der Waals surface area contributed by atoms with E-state index in [1.807, 2.05) is 48.2 Å². The molecule has 166 valence electrons. The zero-order valence-corrected chi connectivity index (χ0v) is 18.8. The Labute approximate surface area is 185 Å². The monoisotopic (exact) mass is 422 g/mol. The molecule has 0 aliphatic carbocycles. The maximum absolute atomic E-state index is 12.7. The van der Waals surface area contributed by atoms with E-state index in [1.165, 1.54) is 12.8 Å². The van der Waals surface area contributed by atoms with Gasteiger partial charge in [-0.05, 0) is 36.6 Å². The molecule has 0 bridgehead atoms. The normalized spacial score (nSPS) is 13.9. The zero-order chi connectivity index (χ0) is 22.1. The van der Waals surface area contributed by atoms with Crippen LogP contribution < -0.4 is 10.2 Å². The summed E-state index contributed by atoms with van der Waals surface area (Å²) in [6.07, 6.45) is 6.65. The van der Waals surface area contributed by atoms with Crippen molar-refractivity contribution < 1.29 is 9.59 Å². The van der Waals surface area contributed by atoms with Crippen LogP contribution in [0.15, 0.2) is 42.6 Å². The Bertz CT molecular complexity index is 858. The number of rotatable bonds is 9. The number of hydrogen-bond acceptors (Lipinski definition) is 4. The van der Waals surface area contributed by atoms with Crippen LogP contribution in [-0.4, -0.2) is 54.4 Å². The lowest BCUT2D eigenvalue weighted by atomic mass is 10.1. The molecule has 1 N–H and O–H groups in total. The van der Waals surface area contributed by atoms with Gasteiger partial charge in [0, 0.05) is 38.9 Å². The summed E-state index contributed by atoms with van der Waals surface area (Å²) in [6, 6.07) is 11.8. The Hall–Kier alpha value is -2.89. The van der Waals surface area contributed by atoms with Gasteiger partial charge in [-0.1, -0.05) is 50.5 Å². The van der Waals surface area contributed by atoms with Crippen molar-refractivity contribution in [1.29, 1.82) is 0 Å². The average molecular weight is 423 g/mol. The summed E-state index contributed by atoms with van der Waals surface area (Å²) >= 11 is 0. The molecule has 6 nitrogen and oxygen atoms in total. The Balaban J connectivity index is 1.45. The number of nitrogens with one attached hydrogen (secondary N) is 1. The quantitative estimate of drug-likeness (QED) is 0.627. The van der Waals surface area contributed by atoms with Crippen molar-refractivity contribution in [1.82, 2.24) is 15.2 Å². The first-order valence-electron chi connectivity index (χ1n) is 11.4. The predicted octanol–water partition coefficient (Wildman–Crippen LogP) is 3.59. The summed E-state index contributed by atoms with van der Waals surface area (Å²) in [5.74, 6) is 0.959. The fraction of sp³-hybridized carbons (Fsp3) is 0.480. The molecule has 2 amide bonds. The lowest BCUT2D eigenvalue weighted by Crippen LogP contribution is -2.49. The maximum atomic E-state index is 12.7. The highest BCUT2D eigenvalue weighted by Gasteiger charge is 2.22. The second-order valence-electron chi connectivity index (χ2n) is 8.19. The number of hydrogen-bond donors (Lipinski definition) is 1. The summed E-state index contributed by atoms with van der Waals surface area (Å²) < 4.78 is 0. The van der Waals surface area contributed by atoms with Crippen molar-refractivity contribution in [3.8, 4) is 0 Å². The van der Waals surface area contributed by atoms with Gasteiger partial charge in [-0.15, -0.1) is 0 Å². The van der Waals surface area contributed by atoms with Gasteiger partial charge in [0.25, 0.3) is 5.91 Å². The SMILES string of the molecule is CCCCCCNC(=O)c1ccc(N2CCN(C(=O)Cc3ccccc3C)CC2)nc1. The molecule has 1 saturated heterocycles. The number of nitrogens with zero attached hydrogens (tertiary/aromatic N) is 3. The molecule has 1 aromatic carbocycles. The first-order valence-corrected chi connectivity index (χ1v) is 11.4. The molecule has 0 spiro atoms. The van der Waals surface area contributed by atoms with Crippen molar-refractivity contribution >= 4 is 17.6 Å². The van der Waals surface area contributed by atoms with Crippen LogP contribution >= 0.6 is 0 Å². The van der Waals surface area contributed by atoms with E-state index < -0.39 is 0 Å². The Morgan fingerprint density at radius 1 is 1.00 bits per heavy atom. The fourth-order valence-electron chi connectivity index (χ4n) is 3.83. The van der Waals surface area contributed by atoms with Crippen molar-refractivity contribution in [2.45, 2.75) is 46.0 Å². The number of carbonyl (C=O) groups is 2. The highest BCUT2D eigenvalue weighted by atomic mass is 16.2. The number of pyridine rings is 1. The number of carbonyl (C=O) groups excluding carboxylic acids is 2. The van der Waals surface area contributed by atoms with Gasteiger partial charge in [0.2, 0.25) is 5.91 Å². The van der Waals surface area contributed by atoms with Gasteiger partial charge in [0.05, 0.1) is 12.0 Å². The number of aryl methyl sites for hydroxylation is 1. The Morgan fingerprint density at radius 3 is 2.45 bits per heavy atom. The highest BCUT2D eigenvalue weighted by molar-refractivity contribution is 5.94. The Kier molecular flexibility index (Phi) is 8.44. The van der Waals surface area contributed by atoms with E-state index in [1.54, 1.807) is 6.20 Å². The van der Waals surface area contributed by atoms with E-state index in [2.05, 4.69) is 22.1 Å². The lowest BCUT2D eigenvalue weighted by molar-refractivity contribution is -0.130. The van der Waals surface area contributed by atoms with Gasteiger partial charge in [-0.2, -0.15) is 0 Å². The van der Waals surface area contributed by atoms with Crippen molar-refractivity contribution in [2.75, 3.05) is 37.6 Å². The van der Waals surface area contributed by atoms with E-state index >= 15 is 0 Å². The van der Waals surface area contributed by atoms with E-state index in [4.69, 9.17) is 0 Å². The molecular weight excluding hydrogens is 388 g/mol. The summed E-state index contributed by atoms with van der Waals surface area (Å²) in [7, 11) is 0. The second kappa shape index (κ2) is 11.5. The van der Waals surface area contributed by atoms with Crippen molar-refractivity contribution in [3.63, 3.8) is 0 Å². The summed E-state index contributed by atoms with van der Waals surface area (Å²) in [4.78, 5) is 33.5. The molecule has 0 atom stereocenters. The number of aromatic nitrogens is 1. The van der Waals surface area contributed by atoms with E-state index in [0.29, 0.717) is 31.6 Å². The summed E-state index contributed by atoms with van der Waals surface area (Å²) in [6.45, 7) is 7.79. The molecule has 0 unspecified atom stereocenters. The third-order valence-electron chi connectivity index (χ3n) is 5.89. The second-order valence-corrected chi connectivity index (χ2v) is 8.19. The van der Waals surface area contributed by atoms with Crippen LogP contribution in [0, 0.1) is 6.92 Å². The van der Waals surface area contributed by atoms with E-state index in [-0.39, 0.29) is 11.8 Å². The highest BCUT2D eigenvalue weighted by Crippen LogP contribution is 2.16. The van der Waals surface area contributed by atoms with Gasteiger partial charge < -0.3 is 15.1 Å². The largest absolute Gasteiger partial charge is 0.353 e. The van der Waals surface area contributed by atoms with Crippen molar-refractivity contribution in [2.24, 2.45) is 0 Å². The lowest BCUT2D eigenvalue weighted by Gasteiger charge is -2.35. The number of amides is 2. The van der Waals surface area contributed by atoms with Gasteiger partial charge in [-0.3, -0.25) is 9.59 Å². The summed E-state index contributed by atoms with van der Waals surface area (Å²) in [5.41, 5.74) is 2.84. The zero-order valence-electron chi connectivity index (χ0n) is 18.8. The molecule has 2 heterocycles. The molecular formula is C25H34N4O2. The molecule has 0 radical (unpaired) electrons. The van der Waals surface area contributed by atoms with Gasteiger partial charge in [0.15, 0.2) is 0 Å². The minimum Gasteiger partial charge on any atom is -0.353 e. The van der Waals surface area contributed by atoms with Gasteiger partial charge in [0.1, 0.15) is 5.82 Å². The van der Waals surface area contributed by atoms with Crippen LogP contribution in [0.25, 0.3) is 0 Å². The third kappa shape index (κ3) is 6.54. The minimum absolute atomic E-state index is 0.0674. The molecule has 6 heteroatoms. The maximum Gasteiger partial charge on any atom is 0.252 e. The van der Waals surface area contributed by atoms with Gasteiger partial charge in [-0.25, -0.2) is 4.98 Å². The molecule has 31 heavy (non-hydrogen) atoms. The first kappa shape index (κ1) is 22.8. The molecule has 1 fully saturated rings. The molecule has 2 aromatic rings. The van der Waals surface area contributed by atoms with Crippen LogP contribution in [0.3, 0.4) is 0 Å². The van der Waals surface area contributed by atoms with Crippen molar-refractivity contribution in [3.05, 3.63) is 59.3 Å². The minimum atomic E-state index is -0.0674. The third-order valence-corrected chi connectivity index (χ3v) is 5.89. The predicted molar refractivity (Wildman–Crippen MR) is 124 cm³/mol. The molecule has 0 saturated carbocycles.